The third kappa shape index (κ3) is 3.99. The van der Waals surface area contributed by atoms with Crippen molar-refractivity contribution in [3.8, 4) is 26.8 Å². The first kappa shape index (κ1) is 18.0. The maximum absolute atomic E-state index is 11.6. The summed E-state index contributed by atoms with van der Waals surface area (Å²) in [6.07, 6.45) is 1.90. The molecule has 1 aliphatic rings. The predicted molar refractivity (Wildman–Crippen MR) is 110 cm³/mol. The van der Waals surface area contributed by atoms with Gasteiger partial charge in [-0.3, -0.25) is 0 Å². The first-order valence-electron chi connectivity index (χ1n) is 8.70. The molecule has 0 atom stereocenters. The summed E-state index contributed by atoms with van der Waals surface area (Å²) in [4.78, 5) is 7.78. The minimum absolute atomic E-state index is 0.231. The van der Waals surface area contributed by atoms with E-state index in [1.807, 2.05) is 30.5 Å². The van der Waals surface area contributed by atoms with E-state index in [9.17, 15) is 8.42 Å². The fourth-order valence-corrected chi connectivity index (χ4v) is 5.21. The Kier molecular flexibility index (Phi) is 4.88. The lowest BCUT2D eigenvalue weighted by Gasteiger charge is -2.28. The number of sulfone groups is 1. The molecule has 1 aliphatic heterocycles. The molecule has 1 aromatic heterocycles. The Morgan fingerprint density at radius 3 is 2.22 bits per heavy atom. The Morgan fingerprint density at radius 2 is 1.59 bits per heavy atom. The van der Waals surface area contributed by atoms with Gasteiger partial charge in [0.2, 0.25) is 0 Å². The van der Waals surface area contributed by atoms with Gasteiger partial charge in [-0.15, -0.1) is 11.3 Å². The minimum Gasteiger partial charge on any atom is -0.497 e. The maximum atomic E-state index is 11.6. The zero-order chi connectivity index (χ0) is 18.9. The number of anilines is 1. The van der Waals surface area contributed by atoms with E-state index < -0.39 is 9.84 Å². The number of nitrogens with zero attached hydrogens (tertiary/aromatic N) is 2. The van der Waals surface area contributed by atoms with Crippen molar-refractivity contribution in [2.75, 3.05) is 36.6 Å². The molecule has 0 aliphatic carbocycles. The highest BCUT2D eigenvalue weighted by atomic mass is 32.2. The standard InChI is InChI=1S/C20H20N2O3S2/c1-25-18-8-4-16(5-9-18)20-21-14-19(26-20)15-2-6-17(7-3-15)22-10-12-27(23,24)13-11-22/h2-9,14H,10-13H2,1H3. The normalized spacial score (nSPS) is 16.3. The van der Waals surface area contributed by atoms with Crippen LogP contribution in [0.15, 0.2) is 54.7 Å². The molecule has 4 rings (SSSR count). The molecule has 1 saturated heterocycles. The van der Waals surface area contributed by atoms with E-state index in [0.29, 0.717) is 13.1 Å². The molecule has 0 spiro atoms. The number of thiazole rings is 1. The highest BCUT2D eigenvalue weighted by Crippen LogP contribution is 2.33. The number of hydrogen-bond donors (Lipinski definition) is 0. The Bertz CT molecular complexity index is 1010. The first-order chi connectivity index (χ1) is 13.0. The quantitative estimate of drug-likeness (QED) is 0.668. The van der Waals surface area contributed by atoms with Gasteiger partial charge in [-0.2, -0.15) is 0 Å². The van der Waals surface area contributed by atoms with Gasteiger partial charge in [0.25, 0.3) is 0 Å². The van der Waals surface area contributed by atoms with Crippen LogP contribution in [0.5, 0.6) is 5.75 Å². The van der Waals surface area contributed by atoms with Crippen molar-refractivity contribution in [2.24, 2.45) is 0 Å². The second-order valence-electron chi connectivity index (χ2n) is 6.44. The third-order valence-electron chi connectivity index (χ3n) is 4.70. The maximum Gasteiger partial charge on any atom is 0.153 e. The predicted octanol–water partition coefficient (Wildman–Crippen LogP) is 3.72. The molecule has 5 nitrogen and oxygen atoms in total. The van der Waals surface area contributed by atoms with Gasteiger partial charge >= 0.3 is 0 Å². The summed E-state index contributed by atoms with van der Waals surface area (Å²) in [6.45, 7) is 1.12. The summed E-state index contributed by atoms with van der Waals surface area (Å²) in [5, 5.41) is 0.970. The van der Waals surface area contributed by atoms with E-state index in [2.05, 4.69) is 34.1 Å². The fourth-order valence-electron chi connectivity index (χ4n) is 3.08. The molecule has 2 heterocycles. The first-order valence-corrected chi connectivity index (χ1v) is 11.3. The average Bonchev–Trinajstić information content (AvgIpc) is 3.18. The average molecular weight is 401 g/mol. The van der Waals surface area contributed by atoms with Crippen molar-refractivity contribution < 1.29 is 13.2 Å². The molecule has 0 unspecified atom stereocenters. The van der Waals surface area contributed by atoms with Gasteiger partial charge in [0.1, 0.15) is 10.8 Å². The van der Waals surface area contributed by atoms with Crippen molar-refractivity contribution >= 4 is 26.9 Å². The molecule has 0 radical (unpaired) electrons. The van der Waals surface area contributed by atoms with Gasteiger partial charge < -0.3 is 9.64 Å². The molecular formula is C20H20N2O3S2. The Hall–Kier alpha value is -2.38. The lowest BCUT2D eigenvalue weighted by Crippen LogP contribution is -2.40. The topological polar surface area (TPSA) is 59.5 Å². The van der Waals surface area contributed by atoms with Crippen molar-refractivity contribution in [3.63, 3.8) is 0 Å². The molecule has 0 saturated carbocycles. The van der Waals surface area contributed by atoms with Crippen LogP contribution < -0.4 is 9.64 Å². The zero-order valence-corrected chi connectivity index (χ0v) is 16.6. The Balaban J connectivity index is 1.50. The number of rotatable bonds is 4. The summed E-state index contributed by atoms with van der Waals surface area (Å²) in [5.41, 5.74) is 3.24. The molecular weight excluding hydrogens is 380 g/mol. The molecule has 0 amide bonds. The van der Waals surface area contributed by atoms with E-state index >= 15 is 0 Å². The van der Waals surface area contributed by atoms with Gasteiger partial charge in [0, 0.05) is 30.5 Å². The van der Waals surface area contributed by atoms with E-state index in [1.165, 1.54) is 0 Å². The van der Waals surface area contributed by atoms with E-state index in [-0.39, 0.29) is 11.5 Å². The van der Waals surface area contributed by atoms with Crippen LogP contribution in [0, 0.1) is 0 Å². The van der Waals surface area contributed by atoms with Crippen LogP contribution in [0.4, 0.5) is 5.69 Å². The number of methoxy groups -OCH3 is 1. The second-order valence-corrected chi connectivity index (χ2v) is 9.78. The van der Waals surface area contributed by atoms with Crippen LogP contribution in [-0.4, -0.2) is 45.1 Å². The summed E-state index contributed by atoms with van der Waals surface area (Å²) in [5.74, 6) is 1.29. The smallest absolute Gasteiger partial charge is 0.153 e. The SMILES string of the molecule is COc1ccc(-c2ncc(-c3ccc(N4CCS(=O)(=O)CC4)cc3)s2)cc1. The summed E-state index contributed by atoms with van der Waals surface area (Å²) in [7, 11) is -1.20. The fraction of sp³-hybridized carbons (Fsp3) is 0.250. The van der Waals surface area contributed by atoms with Crippen LogP contribution in [-0.2, 0) is 9.84 Å². The van der Waals surface area contributed by atoms with Gasteiger partial charge in [-0.05, 0) is 42.0 Å². The van der Waals surface area contributed by atoms with Crippen LogP contribution >= 0.6 is 11.3 Å². The highest BCUT2D eigenvalue weighted by Gasteiger charge is 2.21. The van der Waals surface area contributed by atoms with Crippen molar-refractivity contribution in [1.82, 2.24) is 4.98 Å². The lowest BCUT2D eigenvalue weighted by molar-refractivity contribution is 0.415. The van der Waals surface area contributed by atoms with Crippen LogP contribution in [0.3, 0.4) is 0 Å². The third-order valence-corrected chi connectivity index (χ3v) is 7.41. The van der Waals surface area contributed by atoms with E-state index in [4.69, 9.17) is 4.74 Å². The zero-order valence-electron chi connectivity index (χ0n) is 15.0. The Morgan fingerprint density at radius 1 is 0.963 bits per heavy atom. The van der Waals surface area contributed by atoms with Gasteiger partial charge in [0.15, 0.2) is 9.84 Å². The monoisotopic (exact) mass is 400 g/mol. The molecule has 27 heavy (non-hydrogen) atoms. The number of hydrogen-bond acceptors (Lipinski definition) is 6. The molecule has 2 aromatic carbocycles. The largest absolute Gasteiger partial charge is 0.497 e. The van der Waals surface area contributed by atoms with Gasteiger partial charge in [0.05, 0.1) is 23.5 Å². The van der Waals surface area contributed by atoms with Crippen molar-refractivity contribution in [3.05, 3.63) is 54.7 Å². The van der Waals surface area contributed by atoms with Crippen LogP contribution in [0.2, 0.25) is 0 Å². The van der Waals surface area contributed by atoms with Crippen molar-refractivity contribution in [2.45, 2.75) is 0 Å². The molecule has 140 valence electrons. The number of aromatic nitrogens is 1. The number of ether oxygens (including phenoxy) is 1. The van der Waals surface area contributed by atoms with Gasteiger partial charge in [-0.1, -0.05) is 12.1 Å². The lowest BCUT2D eigenvalue weighted by atomic mass is 10.1. The van der Waals surface area contributed by atoms with E-state index in [0.717, 1.165) is 32.4 Å². The molecule has 3 aromatic rings. The molecule has 1 fully saturated rings. The Labute approximate surface area is 163 Å². The summed E-state index contributed by atoms with van der Waals surface area (Å²) < 4.78 is 28.4. The van der Waals surface area contributed by atoms with Crippen LogP contribution in [0.25, 0.3) is 21.0 Å². The van der Waals surface area contributed by atoms with E-state index in [1.54, 1.807) is 18.4 Å². The van der Waals surface area contributed by atoms with Crippen molar-refractivity contribution in [1.29, 1.82) is 0 Å². The molecule has 7 heteroatoms. The summed E-state index contributed by atoms with van der Waals surface area (Å²) >= 11 is 1.65. The summed E-state index contributed by atoms with van der Waals surface area (Å²) in [6, 6.07) is 16.1. The van der Waals surface area contributed by atoms with Crippen LogP contribution in [0.1, 0.15) is 0 Å². The highest BCUT2D eigenvalue weighted by molar-refractivity contribution is 7.91. The van der Waals surface area contributed by atoms with Gasteiger partial charge in [-0.25, -0.2) is 13.4 Å². The number of benzene rings is 2. The minimum atomic E-state index is -2.86. The second kappa shape index (κ2) is 7.32. The molecule has 0 N–H and O–H groups in total. The molecule has 0 bridgehead atoms.